The molecule has 0 N–H and O–H groups in total. The molecule has 30 heavy (non-hydrogen) atoms. The van der Waals surface area contributed by atoms with E-state index in [1.54, 1.807) is 49.4 Å². The molecule has 0 saturated heterocycles. The molecule has 0 radical (unpaired) electrons. The fourth-order valence-electron chi connectivity index (χ4n) is 4.40. The van der Waals surface area contributed by atoms with Gasteiger partial charge in [-0.25, -0.2) is 4.79 Å². The highest BCUT2D eigenvalue weighted by Crippen LogP contribution is 2.58. The topological polar surface area (TPSA) is 78.9 Å². The Morgan fingerprint density at radius 2 is 1.90 bits per heavy atom. The number of carbonyl (C=O) groups is 3. The maximum Gasteiger partial charge on any atom is 0.334 e. The summed E-state index contributed by atoms with van der Waals surface area (Å²) in [4.78, 5) is 39.2. The Bertz CT molecular complexity index is 1060. The molecule has 154 valence electrons. The van der Waals surface area contributed by atoms with Crippen LogP contribution in [0.4, 0.5) is 0 Å². The van der Waals surface area contributed by atoms with Crippen molar-refractivity contribution in [3.63, 3.8) is 0 Å². The zero-order valence-electron chi connectivity index (χ0n) is 16.4. The second-order valence-corrected chi connectivity index (χ2v) is 7.54. The van der Waals surface area contributed by atoms with Crippen LogP contribution in [-0.4, -0.2) is 31.6 Å². The van der Waals surface area contributed by atoms with Gasteiger partial charge in [-0.3, -0.25) is 9.59 Å². The normalized spacial score (nSPS) is 24.2. The van der Waals surface area contributed by atoms with Crippen LogP contribution in [0.5, 0.6) is 5.75 Å². The molecule has 4 rings (SSSR count). The van der Waals surface area contributed by atoms with Gasteiger partial charge in [0.1, 0.15) is 11.2 Å². The smallest absolute Gasteiger partial charge is 0.334 e. The Morgan fingerprint density at radius 3 is 2.57 bits per heavy atom. The number of hydrogen-bond acceptors (Lipinski definition) is 6. The molecule has 2 aromatic carbocycles. The predicted molar refractivity (Wildman–Crippen MR) is 108 cm³/mol. The lowest BCUT2D eigenvalue weighted by molar-refractivity contribution is -0.155. The second-order valence-electron chi connectivity index (χ2n) is 7.11. The van der Waals surface area contributed by atoms with Crippen LogP contribution >= 0.6 is 11.6 Å². The van der Waals surface area contributed by atoms with Crippen molar-refractivity contribution in [2.24, 2.45) is 5.92 Å². The molecule has 2 aromatic rings. The minimum absolute atomic E-state index is 0.123. The van der Waals surface area contributed by atoms with Gasteiger partial charge in [-0.15, -0.1) is 0 Å². The lowest BCUT2D eigenvalue weighted by atomic mass is 9.69. The molecule has 6 nitrogen and oxygen atoms in total. The van der Waals surface area contributed by atoms with Crippen molar-refractivity contribution in [2.75, 3.05) is 13.7 Å². The highest BCUT2D eigenvalue weighted by molar-refractivity contribution is 6.30. The molecule has 1 spiro atoms. The van der Waals surface area contributed by atoms with E-state index in [1.165, 1.54) is 13.2 Å². The van der Waals surface area contributed by atoms with Crippen LogP contribution in [-0.2, 0) is 29.3 Å². The number of carbonyl (C=O) groups excluding carboxylic acids is 3. The van der Waals surface area contributed by atoms with E-state index in [-0.39, 0.29) is 12.2 Å². The molecule has 0 unspecified atom stereocenters. The molecule has 1 aliphatic heterocycles. The first-order valence-electron chi connectivity index (χ1n) is 9.49. The van der Waals surface area contributed by atoms with Gasteiger partial charge in [0, 0.05) is 22.1 Å². The molecular formula is C23H19ClO6. The van der Waals surface area contributed by atoms with Crippen molar-refractivity contribution in [3.8, 4) is 5.75 Å². The van der Waals surface area contributed by atoms with E-state index >= 15 is 0 Å². The van der Waals surface area contributed by atoms with E-state index < -0.39 is 35.2 Å². The van der Waals surface area contributed by atoms with E-state index in [0.29, 0.717) is 21.9 Å². The van der Waals surface area contributed by atoms with Gasteiger partial charge >= 0.3 is 17.9 Å². The zero-order chi connectivity index (χ0) is 21.5. The van der Waals surface area contributed by atoms with E-state index in [2.05, 4.69) is 0 Å². The third kappa shape index (κ3) is 2.91. The van der Waals surface area contributed by atoms with Crippen LogP contribution in [0.25, 0.3) is 0 Å². The SMILES string of the molecule is CCOC(=O)[C@@H]1[C@@H](c2ccccc2)C(C(=O)OC)=C[C@@]12C(=O)Oc1ccc(Cl)cc12. The van der Waals surface area contributed by atoms with E-state index in [9.17, 15) is 14.4 Å². The predicted octanol–water partition coefficient (Wildman–Crippen LogP) is 3.57. The zero-order valence-corrected chi connectivity index (χ0v) is 17.1. The fourth-order valence-corrected chi connectivity index (χ4v) is 4.57. The lowest BCUT2D eigenvalue weighted by Crippen LogP contribution is -2.44. The summed E-state index contributed by atoms with van der Waals surface area (Å²) in [6.07, 6.45) is 1.49. The summed E-state index contributed by atoms with van der Waals surface area (Å²) in [7, 11) is 1.26. The van der Waals surface area contributed by atoms with Crippen molar-refractivity contribution in [2.45, 2.75) is 18.3 Å². The van der Waals surface area contributed by atoms with Gasteiger partial charge in [0.2, 0.25) is 0 Å². The highest BCUT2D eigenvalue weighted by atomic mass is 35.5. The monoisotopic (exact) mass is 426 g/mol. The van der Waals surface area contributed by atoms with E-state index in [1.807, 2.05) is 6.07 Å². The number of ether oxygens (including phenoxy) is 3. The van der Waals surface area contributed by atoms with Crippen molar-refractivity contribution in [3.05, 3.63) is 76.3 Å². The molecule has 1 heterocycles. The molecule has 0 amide bonds. The number of methoxy groups -OCH3 is 1. The summed E-state index contributed by atoms with van der Waals surface area (Å²) < 4.78 is 15.8. The number of benzene rings is 2. The quantitative estimate of drug-likeness (QED) is 0.549. The Balaban J connectivity index is 2.01. The van der Waals surface area contributed by atoms with Gasteiger partial charge < -0.3 is 14.2 Å². The van der Waals surface area contributed by atoms with E-state index in [0.717, 1.165) is 0 Å². The summed E-state index contributed by atoms with van der Waals surface area (Å²) in [5.74, 6) is -3.40. The molecule has 0 aromatic heterocycles. The second kappa shape index (κ2) is 7.61. The van der Waals surface area contributed by atoms with Gasteiger partial charge in [0.25, 0.3) is 0 Å². The van der Waals surface area contributed by atoms with Crippen molar-refractivity contribution < 1.29 is 28.6 Å². The molecule has 1 aliphatic carbocycles. The molecule has 0 fully saturated rings. The average molecular weight is 427 g/mol. The van der Waals surface area contributed by atoms with Gasteiger partial charge in [-0.1, -0.05) is 48.0 Å². The van der Waals surface area contributed by atoms with Crippen LogP contribution in [0, 0.1) is 5.92 Å². The van der Waals surface area contributed by atoms with Crippen LogP contribution in [0.1, 0.15) is 24.0 Å². The average Bonchev–Trinajstić information content (AvgIpc) is 3.25. The third-order valence-corrected chi connectivity index (χ3v) is 5.83. The summed E-state index contributed by atoms with van der Waals surface area (Å²) in [6, 6.07) is 13.8. The first kappa shape index (κ1) is 20.2. The van der Waals surface area contributed by atoms with Gasteiger partial charge in [-0.05, 0) is 30.7 Å². The van der Waals surface area contributed by atoms with E-state index in [4.69, 9.17) is 25.8 Å². The third-order valence-electron chi connectivity index (χ3n) is 5.59. The molecular weight excluding hydrogens is 408 g/mol. The number of hydrogen-bond donors (Lipinski definition) is 0. The standard InChI is InChI=1S/C23H19ClO6/c1-3-29-21(26)19-18(13-7-5-4-6-8-13)15(20(25)28-2)12-23(19)16-11-14(24)9-10-17(16)30-22(23)27/h4-12,18-19H,3H2,1-2H3/t18-,19-,23-/m0/s1. The molecule has 2 aliphatic rings. The lowest BCUT2D eigenvalue weighted by Gasteiger charge is -2.30. The molecule has 0 bridgehead atoms. The maximum absolute atomic E-state index is 13.2. The first-order chi connectivity index (χ1) is 14.4. The van der Waals surface area contributed by atoms with Crippen molar-refractivity contribution in [1.82, 2.24) is 0 Å². The first-order valence-corrected chi connectivity index (χ1v) is 9.86. The van der Waals surface area contributed by atoms with Crippen LogP contribution in [0.15, 0.2) is 60.2 Å². The van der Waals surface area contributed by atoms with Crippen molar-refractivity contribution >= 4 is 29.5 Å². The molecule has 7 heteroatoms. The Kier molecular flexibility index (Phi) is 5.12. The summed E-state index contributed by atoms with van der Waals surface area (Å²) in [6.45, 7) is 1.81. The minimum atomic E-state index is -1.55. The Labute approximate surface area is 178 Å². The number of esters is 3. The fraction of sp³-hybridized carbons (Fsp3) is 0.261. The minimum Gasteiger partial charge on any atom is -0.466 e. The highest BCUT2D eigenvalue weighted by Gasteiger charge is 2.64. The summed E-state index contributed by atoms with van der Waals surface area (Å²) in [5, 5.41) is 0.380. The van der Waals surface area contributed by atoms with Gasteiger partial charge in [-0.2, -0.15) is 0 Å². The molecule has 3 atom stereocenters. The maximum atomic E-state index is 13.2. The summed E-state index contributed by atoms with van der Waals surface area (Å²) >= 11 is 6.21. The van der Waals surface area contributed by atoms with Crippen LogP contribution in [0.3, 0.4) is 0 Å². The Hall–Kier alpha value is -3.12. The van der Waals surface area contributed by atoms with Crippen LogP contribution in [0.2, 0.25) is 5.02 Å². The largest absolute Gasteiger partial charge is 0.466 e. The number of halogens is 1. The number of rotatable bonds is 4. The molecule has 0 saturated carbocycles. The van der Waals surface area contributed by atoms with Gasteiger partial charge in [0.05, 0.1) is 19.6 Å². The van der Waals surface area contributed by atoms with Crippen molar-refractivity contribution in [1.29, 1.82) is 0 Å². The Morgan fingerprint density at radius 1 is 1.17 bits per heavy atom. The van der Waals surface area contributed by atoms with Gasteiger partial charge in [0.15, 0.2) is 0 Å². The van der Waals surface area contributed by atoms with Crippen LogP contribution < -0.4 is 4.74 Å². The number of fused-ring (bicyclic) bond motifs is 2. The summed E-state index contributed by atoms with van der Waals surface area (Å²) in [5.41, 5.74) is -0.229.